The van der Waals surface area contributed by atoms with Crippen LogP contribution in [-0.2, 0) is 4.79 Å². The van der Waals surface area contributed by atoms with Gasteiger partial charge >= 0.3 is 0 Å². The number of anilines is 1. The number of carbonyl (C=O) groups excluding carboxylic acids is 1. The first kappa shape index (κ1) is 14.0. The van der Waals surface area contributed by atoms with Crippen molar-refractivity contribution >= 4 is 34.0 Å². The molecule has 6 heteroatoms. The Hall–Kier alpha value is -1.46. The van der Waals surface area contributed by atoms with Crippen molar-refractivity contribution in [3.05, 3.63) is 29.3 Å². The van der Waals surface area contributed by atoms with Gasteiger partial charge in [0.15, 0.2) is 5.01 Å². The zero-order chi connectivity index (χ0) is 13.8. The van der Waals surface area contributed by atoms with Crippen LogP contribution in [0.25, 0.3) is 10.6 Å². The minimum atomic E-state index is -0.0446. The summed E-state index contributed by atoms with van der Waals surface area (Å²) in [6, 6.07) is 7.43. The lowest BCUT2D eigenvalue weighted by atomic mass is 10.1. The molecule has 1 heterocycles. The number of halogens is 1. The van der Waals surface area contributed by atoms with Crippen LogP contribution in [0.1, 0.15) is 20.3 Å². The van der Waals surface area contributed by atoms with E-state index in [1.165, 1.54) is 11.3 Å². The third-order valence-electron chi connectivity index (χ3n) is 2.37. The van der Waals surface area contributed by atoms with E-state index < -0.39 is 0 Å². The predicted molar refractivity (Wildman–Crippen MR) is 78.4 cm³/mol. The second-order valence-corrected chi connectivity index (χ2v) is 5.92. The topological polar surface area (TPSA) is 54.9 Å². The van der Waals surface area contributed by atoms with Gasteiger partial charge in [-0.15, -0.1) is 10.2 Å². The highest BCUT2D eigenvalue weighted by atomic mass is 35.5. The first-order valence-corrected chi connectivity index (χ1v) is 7.14. The summed E-state index contributed by atoms with van der Waals surface area (Å²) in [4.78, 5) is 11.6. The van der Waals surface area contributed by atoms with E-state index in [-0.39, 0.29) is 5.91 Å². The zero-order valence-electron chi connectivity index (χ0n) is 10.7. The summed E-state index contributed by atoms with van der Waals surface area (Å²) < 4.78 is 0. The van der Waals surface area contributed by atoms with E-state index in [4.69, 9.17) is 11.6 Å². The van der Waals surface area contributed by atoms with Crippen LogP contribution in [0.5, 0.6) is 0 Å². The fraction of sp³-hybridized carbons (Fsp3) is 0.308. The highest BCUT2D eigenvalue weighted by molar-refractivity contribution is 7.18. The smallest absolute Gasteiger partial charge is 0.226 e. The molecule has 0 spiro atoms. The molecule has 1 aromatic carbocycles. The Balaban J connectivity index is 2.12. The van der Waals surface area contributed by atoms with Crippen LogP contribution in [0, 0.1) is 5.92 Å². The predicted octanol–water partition coefficient (Wildman–Crippen LogP) is 3.84. The molecule has 0 bridgehead atoms. The molecule has 19 heavy (non-hydrogen) atoms. The molecule has 0 fully saturated rings. The number of carbonyl (C=O) groups is 1. The minimum Gasteiger partial charge on any atom is -0.301 e. The van der Waals surface area contributed by atoms with Gasteiger partial charge in [-0.1, -0.05) is 55.0 Å². The van der Waals surface area contributed by atoms with Crippen LogP contribution >= 0.6 is 22.9 Å². The van der Waals surface area contributed by atoms with Crippen molar-refractivity contribution in [3.63, 3.8) is 0 Å². The van der Waals surface area contributed by atoms with Crippen LogP contribution in [0.2, 0.25) is 5.02 Å². The number of nitrogens with one attached hydrogen (secondary N) is 1. The third-order valence-corrected chi connectivity index (χ3v) is 3.57. The van der Waals surface area contributed by atoms with Gasteiger partial charge in [-0.3, -0.25) is 4.79 Å². The lowest BCUT2D eigenvalue weighted by Crippen LogP contribution is -2.13. The molecule has 0 aliphatic heterocycles. The van der Waals surface area contributed by atoms with Gasteiger partial charge in [-0.05, 0) is 12.0 Å². The standard InChI is InChI=1S/C13H14ClN3OS/c1-8(2)7-11(18)15-13-17-16-12(19-13)9-5-3-4-6-10(9)14/h3-6,8H,7H2,1-2H3,(H,15,17,18). The van der Waals surface area contributed by atoms with Gasteiger partial charge in [0.1, 0.15) is 0 Å². The number of aromatic nitrogens is 2. The fourth-order valence-electron chi connectivity index (χ4n) is 1.56. The normalized spacial score (nSPS) is 10.7. The molecule has 1 N–H and O–H groups in total. The minimum absolute atomic E-state index is 0.0446. The number of rotatable bonds is 4. The summed E-state index contributed by atoms with van der Waals surface area (Å²) in [6.45, 7) is 3.99. The van der Waals surface area contributed by atoms with Crippen molar-refractivity contribution in [2.45, 2.75) is 20.3 Å². The van der Waals surface area contributed by atoms with E-state index in [9.17, 15) is 4.79 Å². The molecule has 1 amide bonds. The highest BCUT2D eigenvalue weighted by Gasteiger charge is 2.12. The summed E-state index contributed by atoms with van der Waals surface area (Å²) in [7, 11) is 0. The Labute approximate surface area is 120 Å². The molecule has 0 unspecified atom stereocenters. The van der Waals surface area contributed by atoms with Gasteiger partial charge < -0.3 is 5.32 Å². The Morgan fingerprint density at radius 2 is 2.11 bits per heavy atom. The summed E-state index contributed by atoms with van der Waals surface area (Å²) in [5, 5.41) is 12.6. The maximum absolute atomic E-state index is 11.6. The summed E-state index contributed by atoms with van der Waals surface area (Å²) in [6.07, 6.45) is 0.473. The molecule has 0 aliphatic rings. The largest absolute Gasteiger partial charge is 0.301 e. The van der Waals surface area contributed by atoms with Gasteiger partial charge in [-0.2, -0.15) is 0 Å². The average molecular weight is 296 g/mol. The fourth-order valence-corrected chi connectivity index (χ4v) is 2.64. The SMILES string of the molecule is CC(C)CC(=O)Nc1nnc(-c2ccccc2Cl)s1. The maximum atomic E-state index is 11.6. The van der Waals surface area contributed by atoms with Gasteiger partial charge in [0, 0.05) is 12.0 Å². The Kier molecular flexibility index (Phi) is 4.50. The third kappa shape index (κ3) is 3.75. The second kappa shape index (κ2) is 6.12. The van der Waals surface area contributed by atoms with Crippen molar-refractivity contribution in [3.8, 4) is 10.6 Å². The van der Waals surface area contributed by atoms with Gasteiger partial charge in [0.05, 0.1) is 5.02 Å². The molecular formula is C13H14ClN3OS. The van der Waals surface area contributed by atoms with Gasteiger partial charge in [0.25, 0.3) is 0 Å². The zero-order valence-corrected chi connectivity index (χ0v) is 12.3. The van der Waals surface area contributed by atoms with Crippen molar-refractivity contribution in [1.29, 1.82) is 0 Å². The number of nitrogens with zero attached hydrogens (tertiary/aromatic N) is 2. The summed E-state index contributed by atoms with van der Waals surface area (Å²) >= 11 is 7.41. The van der Waals surface area contributed by atoms with E-state index in [1.54, 1.807) is 6.07 Å². The van der Waals surface area contributed by atoms with E-state index in [1.807, 2.05) is 32.0 Å². The first-order chi connectivity index (χ1) is 9.06. The molecule has 0 radical (unpaired) electrons. The number of hydrogen-bond acceptors (Lipinski definition) is 4. The number of benzene rings is 1. The van der Waals surface area contributed by atoms with Crippen molar-refractivity contribution in [2.24, 2.45) is 5.92 Å². The number of amides is 1. The van der Waals surface area contributed by atoms with Crippen LogP contribution in [0.4, 0.5) is 5.13 Å². The van der Waals surface area contributed by atoms with Gasteiger partial charge in [-0.25, -0.2) is 0 Å². The van der Waals surface area contributed by atoms with Crippen LogP contribution in [-0.4, -0.2) is 16.1 Å². The molecule has 100 valence electrons. The number of hydrogen-bond donors (Lipinski definition) is 1. The summed E-state index contributed by atoms with van der Waals surface area (Å²) in [5.41, 5.74) is 0.825. The van der Waals surface area contributed by atoms with E-state index in [0.717, 1.165) is 5.56 Å². The average Bonchev–Trinajstić information content (AvgIpc) is 2.76. The van der Waals surface area contributed by atoms with E-state index in [2.05, 4.69) is 15.5 Å². The summed E-state index contributed by atoms with van der Waals surface area (Å²) in [5.74, 6) is 0.271. The molecule has 0 saturated heterocycles. The maximum Gasteiger partial charge on any atom is 0.226 e. The Morgan fingerprint density at radius 3 is 2.79 bits per heavy atom. The van der Waals surface area contributed by atoms with Crippen molar-refractivity contribution < 1.29 is 4.79 Å². The van der Waals surface area contributed by atoms with E-state index in [0.29, 0.717) is 27.5 Å². The van der Waals surface area contributed by atoms with Crippen LogP contribution in [0.15, 0.2) is 24.3 Å². The van der Waals surface area contributed by atoms with Crippen molar-refractivity contribution in [1.82, 2.24) is 10.2 Å². The Morgan fingerprint density at radius 1 is 1.37 bits per heavy atom. The first-order valence-electron chi connectivity index (χ1n) is 5.94. The van der Waals surface area contributed by atoms with Gasteiger partial charge in [0.2, 0.25) is 11.0 Å². The van der Waals surface area contributed by atoms with Crippen LogP contribution < -0.4 is 5.32 Å². The molecule has 1 aromatic heterocycles. The van der Waals surface area contributed by atoms with Crippen LogP contribution in [0.3, 0.4) is 0 Å². The Bertz CT molecular complexity index is 583. The van der Waals surface area contributed by atoms with E-state index >= 15 is 0 Å². The quantitative estimate of drug-likeness (QED) is 0.932. The monoisotopic (exact) mass is 295 g/mol. The second-order valence-electron chi connectivity index (χ2n) is 4.54. The molecule has 4 nitrogen and oxygen atoms in total. The van der Waals surface area contributed by atoms with Crippen molar-refractivity contribution in [2.75, 3.05) is 5.32 Å². The molecule has 2 aromatic rings. The molecular weight excluding hydrogens is 282 g/mol. The molecule has 0 aliphatic carbocycles. The molecule has 0 atom stereocenters. The molecule has 2 rings (SSSR count). The lowest BCUT2D eigenvalue weighted by Gasteiger charge is -2.02. The molecule has 0 saturated carbocycles. The highest BCUT2D eigenvalue weighted by Crippen LogP contribution is 2.31. The lowest BCUT2D eigenvalue weighted by molar-refractivity contribution is -0.116.